The van der Waals surface area contributed by atoms with Crippen molar-refractivity contribution < 1.29 is 0 Å². The van der Waals surface area contributed by atoms with Gasteiger partial charge in [-0.15, -0.1) is 0 Å². The standard InChI is InChI=1S/C4H11B.Na.H/c1-3-5-4-2;;/h5H,3-4H2,1-2H3;;. The van der Waals surface area contributed by atoms with E-state index in [1.165, 1.54) is 19.9 Å². The SMILES string of the molecule is CCBCC.[NaH]. The molecule has 0 aliphatic heterocycles. The topological polar surface area (TPSA) is 0 Å². The van der Waals surface area contributed by atoms with Gasteiger partial charge in [0.2, 0.25) is 0 Å². The molecule has 0 heterocycles. The predicted octanol–water partition coefficient (Wildman–Crippen LogP) is 0.651. The first-order chi connectivity index (χ1) is 2.41. The molecule has 0 atom stereocenters. The van der Waals surface area contributed by atoms with E-state index in [0.29, 0.717) is 0 Å². The zero-order valence-electron chi connectivity index (χ0n) is 4.12. The van der Waals surface area contributed by atoms with E-state index in [1.807, 2.05) is 0 Å². The second kappa shape index (κ2) is 9.42. The van der Waals surface area contributed by atoms with Crippen LogP contribution in [0.3, 0.4) is 0 Å². The fraction of sp³-hybridized carbons (Fsp3) is 1.00. The van der Waals surface area contributed by atoms with E-state index in [0.717, 1.165) is 0 Å². The molecule has 0 aromatic rings. The first-order valence-electron chi connectivity index (χ1n) is 2.41. The Balaban J connectivity index is 0. The Bertz CT molecular complexity index is 15.0. The second-order valence-electron chi connectivity index (χ2n) is 1.35. The minimum atomic E-state index is 0. The van der Waals surface area contributed by atoms with Crippen molar-refractivity contribution in [2.45, 2.75) is 26.5 Å². The molecule has 0 aliphatic carbocycles. The molecule has 0 nitrogen and oxygen atoms in total. The van der Waals surface area contributed by atoms with Crippen LogP contribution in [0, 0.1) is 0 Å². The average molecular weight is 93.9 g/mol. The van der Waals surface area contributed by atoms with E-state index in [-0.39, 0.29) is 29.6 Å². The van der Waals surface area contributed by atoms with Gasteiger partial charge in [0.25, 0.3) is 0 Å². The summed E-state index contributed by atoms with van der Waals surface area (Å²) in [6.45, 7) is 4.42. The molecule has 0 saturated carbocycles. The molecule has 0 aliphatic rings. The van der Waals surface area contributed by atoms with Crippen LogP contribution in [0.2, 0.25) is 12.6 Å². The Morgan fingerprint density at radius 2 is 1.50 bits per heavy atom. The fourth-order valence-corrected chi connectivity index (χ4v) is 0.354. The van der Waals surface area contributed by atoms with E-state index in [4.69, 9.17) is 0 Å². The second-order valence-corrected chi connectivity index (χ2v) is 1.35. The van der Waals surface area contributed by atoms with Crippen LogP contribution in [0.25, 0.3) is 0 Å². The number of rotatable bonds is 2. The molecule has 0 aromatic carbocycles. The van der Waals surface area contributed by atoms with E-state index in [1.54, 1.807) is 0 Å². The Morgan fingerprint density at radius 1 is 1.17 bits per heavy atom. The van der Waals surface area contributed by atoms with Gasteiger partial charge < -0.3 is 0 Å². The van der Waals surface area contributed by atoms with Crippen molar-refractivity contribution in [3.05, 3.63) is 0 Å². The van der Waals surface area contributed by atoms with E-state index >= 15 is 0 Å². The molecule has 0 spiro atoms. The van der Waals surface area contributed by atoms with Crippen molar-refractivity contribution in [1.82, 2.24) is 0 Å². The molecule has 0 radical (unpaired) electrons. The van der Waals surface area contributed by atoms with Crippen molar-refractivity contribution >= 4 is 36.8 Å². The molecule has 0 saturated heterocycles. The summed E-state index contributed by atoms with van der Waals surface area (Å²) in [5, 5.41) is 0. The zero-order valence-corrected chi connectivity index (χ0v) is 4.12. The van der Waals surface area contributed by atoms with Gasteiger partial charge in [-0.3, -0.25) is 0 Å². The Kier molecular flexibility index (Phi) is 15.9. The minimum absolute atomic E-state index is 0. The molecule has 0 amide bonds. The fourth-order valence-electron chi connectivity index (χ4n) is 0.354. The van der Waals surface area contributed by atoms with Gasteiger partial charge in [0.1, 0.15) is 7.28 Å². The van der Waals surface area contributed by atoms with Gasteiger partial charge in [0.05, 0.1) is 0 Å². The van der Waals surface area contributed by atoms with Crippen LogP contribution < -0.4 is 0 Å². The normalized spacial score (nSPS) is 6.33. The molecule has 0 aromatic heterocycles. The van der Waals surface area contributed by atoms with Crippen LogP contribution in [0.4, 0.5) is 0 Å². The molecule has 0 rings (SSSR count). The van der Waals surface area contributed by atoms with Crippen LogP contribution in [0.15, 0.2) is 0 Å². The molecular formula is C4H12BNa. The third kappa shape index (κ3) is 8.91. The van der Waals surface area contributed by atoms with Gasteiger partial charge in [-0.2, -0.15) is 0 Å². The van der Waals surface area contributed by atoms with Crippen LogP contribution in [0.5, 0.6) is 0 Å². The molecule has 6 heavy (non-hydrogen) atoms. The molecular weight excluding hydrogens is 81.8 g/mol. The summed E-state index contributed by atoms with van der Waals surface area (Å²) in [7, 11) is 1.39. The molecule has 0 N–H and O–H groups in total. The Hall–Kier alpha value is 1.06. The third-order valence-corrected chi connectivity index (χ3v) is 0.707. The van der Waals surface area contributed by atoms with E-state index < -0.39 is 0 Å². The van der Waals surface area contributed by atoms with Gasteiger partial charge in [0, 0.05) is 0 Å². The summed E-state index contributed by atoms with van der Waals surface area (Å²) < 4.78 is 0. The predicted molar refractivity (Wildman–Crippen MR) is 35.3 cm³/mol. The van der Waals surface area contributed by atoms with Crippen molar-refractivity contribution in [1.29, 1.82) is 0 Å². The molecule has 2 heteroatoms. The monoisotopic (exact) mass is 94.1 g/mol. The van der Waals surface area contributed by atoms with Crippen LogP contribution in [-0.2, 0) is 0 Å². The van der Waals surface area contributed by atoms with E-state index in [2.05, 4.69) is 13.8 Å². The first-order valence-corrected chi connectivity index (χ1v) is 2.41. The van der Waals surface area contributed by atoms with Crippen molar-refractivity contribution in [2.24, 2.45) is 0 Å². The summed E-state index contributed by atoms with van der Waals surface area (Å²) in [6.07, 6.45) is 2.69. The molecule has 0 bridgehead atoms. The van der Waals surface area contributed by atoms with Gasteiger partial charge >= 0.3 is 29.6 Å². The van der Waals surface area contributed by atoms with E-state index in [9.17, 15) is 0 Å². The molecule has 32 valence electrons. The van der Waals surface area contributed by atoms with Gasteiger partial charge in [-0.1, -0.05) is 26.5 Å². The summed E-state index contributed by atoms with van der Waals surface area (Å²) in [5.74, 6) is 0. The number of hydrogen-bond donors (Lipinski definition) is 0. The summed E-state index contributed by atoms with van der Waals surface area (Å²) in [6, 6.07) is 0. The maximum absolute atomic E-state index is 2.21. The van der Waals surface area contributed by atoms with Gasteiger partial charge in [0.15, 0.2) is 0 Å². The third-order valence-electron chi connectivity index (χ3n) is 0.707. The zero-order chi connectivity index (χ0) is 4.12. The summed E-state index contributed by atoms with van der Waals surface area (Å²) >= 11 is 0. The summed E-state index contributed by atoms with van der Waals surface area (Å²) in [5.41, 5.74) is 0. The van der Waals surface area contributed by atoms with Crippen LogP contribution >= 0.6 is 0 Å². The average Bonchev–Trinajstić information content (AvgIpc) is 1.41. The molecule has 0 fully saturated rings. The first kappa shape index (κ1) is 10.1. The number of hydrogen-bond acceptors (Lipinski definition) is 0. The van der Waals surface area contributed by atoms with Crippen molar-refractivity contribution in [2.75, 3.05) is 0 Å². The Morgan fingerprint density at radius 3 is 1.50 bits per heavy atom. The van der Waals surface area contributed by atoms with Crippen LogP contribution in [-0.4, -0.2) is 36.8 Å². The molecule has 0 unspecified atom stereocenters. The van der Waals surface area contributed by atoms with Crippen LogP contribution in [0.1, 0.15) is 13.8 Å². The Labute approximate surface area is 63.2 Å². The maximum atomic E-state index is 2.21. The summed E-state index contributed by atoms with van der Waals surface area (Å²) in [4.78, 5) is 0. The van der Waals surface area contributed by atoms with Gasteiger partial charge in [-0.25, -0.2) is 0 Å². The van der Waals surface area contributed by atoms with Gasteiger partial charge in [-0.05, 0) is 0 Å². The van der Waals surface area contributed by atoms with Crippen molar-refractivity contribution in [3.8, 4) is 0 Å². The quantitative estimate of drug-likeness (QED) is 0.440. The van der Waals surface area contributed by atoms with Crippen molar-refractivity contribution in [3.63, 3.8) is 0 Å².